The van der Waals surface area contributed by atoms with Crippen LogP contribution in [0.15, 0.2) is 47.4 Å². The third-order valence-electron chi connectivity index (χ3n) is 5.23. The highest BCUT2D eigenvalue weighted by atomic mass is 32.2. The fourth-order valence-electron chi connectivity index (χ4n) is 3.38. The molecule has 0 unspecified atom stereocenters. The van der Waals surface area contributed by atoms with E-state index in [1.807, 2.05) is 0 Å². The monoisotopic (exact) mass is 460 g/mol. The lowest BCUT2D eigenvalue weighted by atomic mass is 9.63. The molecular formula is C20H20F4N2O4S. The number of benzene rings is 2. The van der Waals surface area contributed by atoms with Gasteiger partial charge in [-0.05, 0) is 48.7 Å². The number of alkyl halides is 3. The summed E-state index contributed by atoms with van der Waals surface area (Å²) >= 11 is 0. The van der Waals surface area contributed by atoms with E-state index in [-0.39, 0.29) is 10.6 Å². The molecule has 1 aliphatic carbocycles. The van der Waals surface area contributed by atoms with E-state index in [1.165, 1.54) is 26.2 Å². The zero-order chi connectivity index (χ0) is 23.0. The second-order valence-corrected chi connectivity index (χ2v) is 9.55. The molecule has 31 heavy (non-hydrogen) atoms. The summed E-state index contributed by atoms with van der Waals surface area (Å²) in [4.78, 5) is 12.8. The van der Waals surface area contributed by atoms with Crippen LogP contribution in [0.1, 0.15) is 24.8 Å². The van der Waals surface area contributed by atoms with Crippen LogP contribution in [0, 0.1) is 5.82 Å². The highest BCUT2D eigenvalue weighted by Crippen LogP contribution is 2.46. The predicted molar refractivity (Wildman–Crippen MR) is 105 cm³/mol. The summed E-state index contributed by atoms with van der Waals surface area (Å²) in [6, 6.07) is 8.12. The first-order chi connectivity index (χ1) is 14.3. The van der Waals surface area contributed by atoms with E-state index in [1.54, 1.807) is 0 Å². The van der Waals surface area contributed by atoms with Crippen LogP contribution >= 0.6 is 0 Å². The van der Waals surface area contributed by atoms with Gasteiger partial charge in [0.25, 0.3) is 0 Å². The minimum Gasteiger partial charge on any atom is -0.406 e. The summed E-state index contributed by atoms with van der Waals surface area (Å²) in [5.41, 5.74) is -1.20. The van der Waals surface area contributed by atoms with Gasteiger partial charge in [0, 0.05) is 14.1 Å². The van der Waals surface area contributed by atoms with Gasteiger partial charge in [0.1, 0.15) is 11.6 Å². The molecule has 0 heterocycles. The minimum absolute atomic E-state index is 0.211. The van der Waals surface area contributed by atoms with Crippen molar-refractivity contribution in [3.63, 3.8) is 0 Å². The number of halogens is 4. The minimum atomic E-state index is -4.88. The molecular weight excluding hydrogens is 440 g/mol. The molecule has 2 aromatic rings. The van der Waals surface area contributed by atoms with E-state index in [0.29, 0.717) is 24.8 Å². The summed E-state index contributed by atoms with van der Waals surface area (Å²) in [5.74, 6) is -1.94. The fraction of sp³-hybridized carbons (Fsp3) is 0.350. The van der Waals surface area contributed by atoms with Crippen molar-refractivity contribution < 1.29 is 35.5 Å². The number of nitrogens with zero attached hydrogens (tertiary/aromatic N) is 1. The average molecular weight is 460 g/mol. The molecule has 3 rings (SSSR count). The molecule has 168 valence electrons. The van der Waals surface area contributed by atoms with Gasteiger partial charge < -0.3 is 10.1 Å². The van der Waals surface area contributed by atoms with E-state index in [0.717, 1.165) is 34.6 Å². The Labute approximate surface area is 176 Å². The van der Waals surface area contributed by atoms with Crippen LogP contribution in [0.5, 0.6) is 5.75 Å². The number of sulfonamides is 1. The molecule has 0 bridgehead atoms. The van der Waals surface area contributed by atoms with E-state index in [9.17, 15) is 30.8 Å². The largest absolute Gasteiger partial charge is 0.573 e. The summed E-state index contributed by atoms with van der Waals surface area (Å²) in [6.07, 6.45) is -3.55. The Morgan fingerprint density at radius 3 is 2.35 bits per heavy atom. The van der Waals surface area contributed by atoms with E-state index in [4.69, 9.17) is 0 Å². The van der Waals surface area contributed by atoms with Crippen molar-refractivity contribution in [1.29, 1.82) is 0 Å². The number of anilines is 1. The molecule has 6 nitrogen and oxygen atoms in total. The lowest BCUT2D eigenvalue weighted by molar-refractivity contribution is -0.274. The molecule has 11 heteroatoms. The molecule has 1 fully saturated rings. The maximum atomic E-state index is 14.3. The fourth-order valence-corrected chi connectivity index (χ4v) is 4.31. The molecule has 1 N–H and O–H groups in total. The Morgan fingerprint density at radius 2 is 1.81 bits per heavy atom. The zero-order valence-corrected chi connectivity index (χ0v) is 17.5. The number of rotatable bonds is 6. The Balaban J connectivity index is 1.92. The van der Waals surface area contributed by atoms with Crippen LogP contribution in [-0.4, -0.2) is 39.1 Å². The molecule has 1 aliphatic rings. The van der Waals surface area contributed by atoms with Gasteiger partial charge in [-0.15, -0.1) is 13.2 Å². The molecule has 0 aromatic heterocycles. The highest BCUT2D eigenvalue weighted by Gasteiger charge is 2.46. The molecule has 0 spiro atoms. The van der Waals surface area contributed by atoms with Crippen molar-refractivity contribution in [2.75, 3.05) is 19.4 Å². The van der Waals surface area contributed by atoms with Gasteiger partial charge in [-0.1, -0.05) is 18.6 Å². The third-order valence-corrected chi connectivity index (χ3v) is 7.04. The SMILES string of the molecule is CN(C)S(=O)(=O)c1ccc(F)c(NC(=O)C2(c3cccc(OC(F)(F)F)c3)CCC2)c1. The van der Waals surface area contributed by atoms with Crippen molar-refractivity contribution in [2.45, 2.75) is 35.9 Å². The molecule has 0 saturated heterocycles. The van der Waals surface area contributed by atoms with Gasteiger partial charge in [0.2, 0.25) is 15.9 Å². The van der Waals surface area contributed by atoms with Crippen LogP contribution in [0.25, 0.3) is 0 Å². The topological polar surface area (TPSA) is 75.7 Å². The van der Waals surface area contributed by atoms with Gasteiger partial charge in [-0.3, -0.25) is 4.79 Å². The van der Waals surface area contributed by atoms with Gasteiger partial charge in [0.05, 0.1) is 16.0 Å². The van der Waals surface area contributed by atoms with Crippen LogP contribution in [0.2, 0.25) is 0 Å². The molecule has 0 radical (unpaired) electrons. The Morgan fingerprint density at radius 1 is 1.13 bits per heavy atom. The predicted octanol–water partition coefficient (Wildman–Crippen LogP) is 4.04. The first kappa shape index (κ1) is 23.0. The molecule has 0 atom stereocenters. The third kappa shape index (κ3) is 4.67. The summed E-state index contributed by atoms with van der Waals surface area (Å²) < 4.78 is 81.5. The van der Waals surface area contributed by atoms with Crippen LogP contribution < -0.4 is 10.1 Å². The average Bonchev–Trinajstić information content (AvgIpc) is 2.61. The smallest absolute Gasteiger partial charge is 0.406 e. The van der Waals surface area contributed by atoms with Crippen LogP contribution in [-0.2, 0) is 20.2 Å². The lowest BCUT2D eigenvalue weighted by Gasteiger charge is -2.40. The quantitative estimate of drug-likeness (QED) is 0.661. The van der Waals surface area contributed by atoms with Crippen molar-refractivity contribution in [1.82, 2.24) is 4.31 Å². The zero-order valence-electron chi connectivity index (χ0n) is 16.7. The van der Waals surface area contributed by atoms with Gasteiger partial charge >= 0.3 is 6.36 Å². The van der Waals surface area contributed by atoms with Crippen molar-refractivity contribution in [2.24, 2.45) is 0 Å². The molecule has 1 amide bonds. The standard InChI is InChI=1S/C20H20F4N2O4S/c1-26(2)31(28,29)15-7-8-16(21)17(12-15)25-18(27)19(9-4-10-19)13-5-3-6-14(11-13)30-20(22,23)24/h3,5-8,11-12H,4,9-10H2,1-2H3,(H,25,27). The second-order valence-electron chi connectivity index (χ2n) is 7.39. The van der Waals surface area contributed by atoms with E-state index < -0.39 is 39.3 Å². The Bertz CT molecular complexity index is 1100. The van der Waals surface area contributed by atoms with E-state index >= 15 is 0 Å². The Hall–Kier alpha value is -2.66. The van der Waals surface area contributed by atoms with Crippen molar-refractivity contribution >= 4 is 21.6 Å². The number of amides is 1. The first-order valence-corrected chi connectivity index (χ1v) is 10.7. The van der Waals surface area contributed by atoms with Crippen molar-refractivity contribution in [3.05, 3.63) is 53.8 Å². The van der Waals surface area contributed by atoms with Gasteiger partial charge in [-0.2, -0.15) is 0 Å². The maximum absolute atomic E-state index is 14.3. The number of nitrogens with one attached hydrogen (secondary N) is 1. The lowest BCUT2D eigenvalue weighted by Crippen LogP contribution is -2.46. The second kappa shape index (κ2) is 8.12. The molecule has 1 saturated carbocycles. The Kier molecular flexibility index (Phi) is 6.03. The first-order valence-electron chi connectivity index (χ1n) is 9.25. The van der Waals surface area contributed by atoms with Crippen LogP contribution in [0.3, 0.4) is 0 Å². The molecule has 2 aromatic carbocycles. The number of hydrogen-bond donors (Lipinski definition) is 1. The van der Waals surface area contributed by atoms with Crippen molar-refractivity contribution in [3.8, 4) is 5.75 Å². The number of carbonyl (C=O) groups excluding carboxylic acids is 1. The van der Waals surface area contributed by atoms with Gasteiger partial charge in [0.15, 0.2) is 0 Å². The normalized spacial score (nSPS) is 16.0. The van der Waals surface area contributed by atoms with E-state index in [2.05, 4.69) is 10.1 Å². The maximum Gasteiger partial charge on any atom is 0.573 e. The highest BCUT2D eigenvalue weighted by molar-refractivity contribution is 7.89. The van der Waals surface area contributed by atoms with Crippen LogP contribution in [0.4, 0.5) is 23.2 Å². The number of carbonyl (C=O) groups is 1. The number of hydrogen-bond acceptors (Lipinski definition) is 4. The summed E-state index contributed by atoms with van der Waals surface area (Å²) in [7, 11) is -1.23. The van der Waals surface area contributed by atoms with Gasteiger partial charge in [-0.25, -0.2) is 17.1 Å². The number of ether oxygens (including phenoxy) is 1. The molecule has 0 aliphatic heterocycles. The summed E-state index contributed by atoms with van der Waals surface area (Å²) in [5, 5.41) is 2.41. The summed E-state index contributed by atoms with van der Waals surface area (Å²) in [6.45, 7) is 0.